The molecule has 76 valence electrons. The van der Waals surface area contributed by atoms with Crippen LogP contribution >= 0.6 is 0 Å². The Morgan fingerprint density at radius 1 is 1.13 bits per heavy atom. The van der Waals surface area contributed by atoms with Crippen molar-refractivity contribution in [2.75, 3.05) is 12.4 Å². The molecule has 0 saturated heterocycles. The minimum absolute atomic E-state index is 0.269. The Kier molecular flexibility index (Phi) is 2.54. The van der Waals surface area contributed by atoms with Gasteiger partial charge >= 0.3 is 0 Å². The van der Waals surface area contributed by atoms with Gasteiger partial charge in [-0.15, -0.1) is 0 Å². The van der Waals surface area contributed by atoms with E-state index in [1.165, 1.54) is 0 Å². The van der Waals surface area contributed by atoms with E-state index < -0.39 is 0 Å². The third-order valence-electron chi connectivity index (χ3n) is 2.20. The quantitative estimate of drug-likeness (QED) is 0.782. The number of nitrogens with zero attached hydrogens (tertiary/aromatic N) is 1. The smallest absolute Gasteiger partial charge is 0.125 e. The molecule has 2 N–H and O–H groups in total. The third-order valence-corrected chi connectivity index (χ3v) is 2.20. The summed E-state index contributed by atoms with van der Waals surface area (Å²) >= 11 is 0. The van der Waals surface area contributed by atoms with Crippen LogP contribution in [0, 0.1) is 0 Å². The maximum Gasteiger partial charge on any atom is 0.125 e. The normalized spacial score (nSPS) is 9.93. The van der Waals surface area contributed by atoms with Gasteiger partial charge in [0.15, 0.2) is 0 Å². The number of aromatic hydroxyl groups is 1. The predicted octanol–water partition coefficient (Wildman–Crippen LogP) is 2.50. The van der Waals surface area contributed by atoms with E-state index in [1.54, 1.807) is 18.3 Å². The van der Waals surface area contributed by atoms with E-state index in [2.05, 4.69) is 10.3 Å². The largest absolute Gasteiger partial charge is 0.508 e. The molecule has 0 aliphatic heterocycles. The number of anilines is 1. The number of hydrogen-bond donors (Lipinski definition) is 2. The van der Waals surface area contributed by atoms with Crippen molar-refractivity contribution in [3.63, 3.8) is 0 Å². The first-order valence-electron chi connectivity index (χ1n) is 4.73. The molecule has 3 nitrogen and oxygen atoms in total. The topological polar surface area (TPSA) is 45.1 Å². The highest BCUT2D eigenvalue weighted by Crippen LogP contribution is 2.22. The molecule has 1 aromatic carbocycles. The second kappa shape index (κ2) is 4.00. The van der Waals surface area contributed by atoms with Gasteiger partial charge in [0.25, 0.3) is 0 Å². The van der Waals surface area contributed by atoms with Crippen LogP contribution in [-0.4, -0.2) is 17.1 Å². The fraction of sp³-hybridized carbons (Fsp3) is 0.0833. The first-order chi connectivity index (χ1) is 7.29. The summed E-state index contributed by atoms with van der Waals surface area (Å²) in [5, 5.41) is 12.3. The average Bonchev–Trinajstić information content (AvgIpc) is 2.29. The van der Waals surface area contributed by atoms with Crippen molar-refractivity contribution in [1.29, 1.82) is 0 Å². The van der Waals surface area contributed by atoms with Crippen LogP contribution in [-0.2, 0) is 0 Å². The van der Waals surface area contributed by atoms with E-state index >= 15 is 0 Å². The Morgan fingerprint density at radius 2 is 2.00 bits per heavy atom. The van der Waals surface area contributed by atoms with Gasteiger partial charge in [0.05, 0.1) is 0 Å². The zero-order chi connectivity index (χ0) is 10.7. The zero-order valence-corrected chi connectivity index (χ0v) is 8.44. The molecule has 0 fully saturated rings. The molecule has 0 amide bonds. The van der Waals surface area contributed by atoms with Crippen LogP contribution in [0.2, 0.25) is 0 Å². The molecule has 0 bridgehead atoms. The number of nitrogens with one attached hydrogen (secondary N) is 1. The molecule has 1 aromatic heterocycles. The molecule has 1 heterocycles. The van der Waals surface area contributed by atoms with Crippen molar-refractivity contribution in [3.05, 3.63) is 42.6 Å². The van der Waals surface area contributed by atoms with E-state index in [1.807, 2.05) is 31.3 Å². The summed E-state index contributed by atoms with van der Waals surface area (Å²) in [6, 6.07) is 11.0. The molecule has 2 rings (SSSR count). The maximum atomic E-state index is 9.34. The van der Waals surface area contributed by atoms with Crippen LogP contribution in [0.5, 0.6) is 5.75 Å². The summed E-state index contributed by atoms with van der Waals surface area (Å²) in [6.07, 6.45) is 1.78. The number of benzene rings is 1. The molecule has 3 heteroatoms. The minimum Gasteiger partial charge on any atom is -0.508 e. The van der Waals surface area contributed by atoms with Crippen molar-refractivity contribution in [2.24, 2.45) is 0 Å². The highest BCUT2D eigenvalue weighted by molar-refractivity contribution is 5.65. The molecule has 0 unspecified atom stereocenters. The van der Waals surface area contributed by atoms with Gasteiger partial charge in [0.2, 0.25) is 0 Å². The van der Waals surface area contributed by atoms with E-state index in [0.717, 1.165) is 16.9 Å². The highest BCUT2D eigenvalue weighted by atomic mass is 16.3. The monoisotopic (exact) mass is 200 g/mol. The number of rotatable bonds is 2. The molecule has 0 spiro atoms. The zero-order valence-electron chi connectivity index (χ0n) is 8.44. The number of phenolic OH excluding ortho intramolecular Hbond substituents is 1. The van der Waals surface area contributed by atoms with E-state index in [4.69, 9.17) is 0 Å². The molecule has 0 atom stereocenters. The lowest BCUT2D eigenvalue weighted by molar-refractivity contribution is 0.475. The molecule has 0 saturated carbocycles. The van der Waals surface area contributed by atoms with Crippen LogP contribution < -0.4 is 5.32 Å². The predicted molar refractivity (Wildman–Crippen MR) is 60.9 cm³/mol. The number of hydrogen-bond acceptors (Lipinski definition) is 3. The maximum absolute atomic E-state index is 9.34. The summed E-state index contributed by atoms with van der Waals surface area (Å²) < 4.78 is 0. The lowest BCUT2D eigenvalue weighted by atomic mass is 10.1. The fourth-order valence-electron chi connectivity index (χ4n) is 1.40. The lowest BCUT2D eigenvalue weighted by Gasteiger charge is -2.03. The Balaban J connectivity index is 2.37. The van der Waals surface area contributed by atoms with Crippen LogP contribution in [0.4, 0.5) is 5.82 Å². The highest BCUT2D eigenvalue weighted by Gasteiger charge is 1.99. The van der Waals surface area contributed by atoms with Crippen LogP contribution in [0.25, 0.3) is 11.1 Å². The van der Waals surface area contributed by atoms with Crippen molar-refractivity contribution in [1.82, 2.24) is 4.98 Å². The fourth-order valence-corrected chi connectivity index (χ4v) is 1.40. The second-order valence-corrected chi connectivity index (χ2v) is 3.23. The van der Waals surface area contributed by atoms with Gasteiger partial charge in [-0.25, -0.2) is 4.98 Å². The first-order valence-corrected chi connectivity index (χ1v) is 4.73. The number of aromatic nitrogens is 1. The molecular formula is C12H12N2O. The van der Waals surface area contributed by atoms with Gasteiger partial charge in [-0.05, 0) is 29.8 Å². The summed E-state index contributed by atoms with van der Waals surface area (Å²) in [6.45, 7) is 0. The molecule has 0 aliphatic rings. The SMILES string of the molecule is CNc1ccc(-c2cccc(O)c2)cn1. The van der Waals surface area contributed by atoms with Crippen molar-refractivity contribution in [3.8, 4) is 16.9 Å². The standard InChI is InChI=1S/C12H12N2O/c1-13-12-6-5-10(8-14-12)9-3-2-4-11(15)7-9/h2-8,15H,1H3,(H,13,14). The van der Waals surface area contributed by atoms with Crippen molar-refractivity contribution >= 4 is 5.82 Å². The Hall–Kier alpha value is -2.03. The molecule has 0 radical (unpaired) electrons. The van der Waals surface area contributed by atoms with Crippen LogP contribution in [0.1, 0.15) is 0 Å². The van der Waals surface area contributed by atoms with E-state index in [-0.39, 0.29) is 5.75 Å². The van der Waals surface area contributed by atoms with Gasteiger partial charge in [-0.1, -0.05) is 12.1 Å². The van der Waals surface area contributed by atoms with Crippen molar-refractivity contribution in [2.45, 2.75) is 0 Å². The summed E-state index contributed by atoms with van der Waals surface area (Å²) in [4.78, 5) is 4.21. The Bertz CT molecular complexity index is 451. The molecule has 15 heavy (non-hydrogen) atoms. The van der Waals surface area contributed by atoms with Gasteiger partial charge in [-0.3, -0.25) is 0 Å². The Morgan fingerprint density at radius 3 is 2.60 bits per heavy atom. The third kappa shape index (κ3) is 2.07. The summed E-state index contributed by atoms with van der Waals surface area (Å²) in [5.41, 5.74) is 1.95. The molecular weight excluding hydrogens is 188 g/mol. The second-order valence-electron chi connectivity index (χ2n) is 3.23. The van der Waals surface area contributed by atoms with Crippen LogP contribution in [0.3, 0.4) is 0 Å². The first kappa shape index (κ1) is 9.52. The van der Waals surface area contributed by atoms with Crippen LogP contribution in [0.15, 0.2) is 42.6 Å². The van der Waals surface area contributed by atoms with Gasteiger partial charge < -0.3 is 10.4 Å². The lowest BCUT2D eigenvalue weighted by Crippen LogP contribution is -1.91. The molecule has 2 aromatic rings. The van der Waals surface area contributed by atoms with Gasteiger partial charge in [0, 0.05) is 18.8 Å². The van der Waals surface area contributed by atoms with Crippen molar-refractivity contribution < 1.29 is 5.11 Å². The summed E-state index contributed by atoms with van der Waals surface area (Å²) in [7, 11) is 1.83. The number of pyridine rings is 1. The average molecular weight is 200 g/mol. The van der Waals surface area contributed by atoms with E-state index in [9.17, 15) is 5.11 Å². The van der Waals surface area contributed by atoms with Gasteiger partial charge in [-0.2, -0.15) is 0 Å². The Labute approximate surface area is 88.4 Å². The van der Waals surface area contributed by atoms with E-state index in [0.29, 0.717) is 0 Å². The molecule has 0 aliphatic carbocycles. The minimum atomic E-state index is 0.269. The number of phenols is 1. The van der Waals surface area contributed by atoms with Gasteiger partial charge in [0.1, 0.15) is 11.6 Å². The summed E-state index contributed by atoms with van der Waals surface area (Å²) in [5.74, 6) is 1.10.